The van der Waals surface area contributed by atoms with E-state index in [1.165, 1.54) is 5.57 Å². The molecular weight excluding hydrogens is 204 g/mol. The van der Waals surface area contributed by atoms with Crippen LogP contribution in [-0.2, 0) is 4.79 Å². The summed E-state index contributed by atoms with van der Waals surface area (Å²) in [5.41, 5.74) is 7.06. The fourth-order valence-electron chi connectivity index (χ4n) is 1.35. The molecule has 0 spiro atoms. The van der Waals surface area contributed by atoms with E-state index in [0.29, 0.717) is 17.8 Å². The van der Waals surface area contributed by atoms with E-state index in [-0.39, 0.29) is 0 Å². The van der Waals surface area contributed by atoms with E-state index in [1.807, 2.05) is 20.0 Å². The first-order valence-electron chi connectivity index (χ1n) is 5.22. The first-order valence-corrected chi connectivity index (χ1v) is 5.22. The highest BCUT2D eigenvalue weighted by atomic mass is 16.1. The summed E-state index contributed by atoms with van der Waals surface area (Å²) in [6.07, 6.45) is 3.31. The molecule has 0 atom stereocenters. The predicted molar refractivity (Wildman–Crippen MR) is 64.5 cm³/mol. The summed E-state index contributed by atoms with van der Waals surface area (Å²) in [7, 11) is 1.78. The fourth-order valence-corrected chi connectivity index (χ4v) is 1.35. The van der Waals surface area contributed by atoms with Gasteiger partial charge in [0.1, 0.15) is 11.7 Å². The number of hydrogen-bond donors (Lipinski definition) is 3. The van der Waals surface area contributed by atoms with E-state index in [2.05, 4.69) is 15.6 Å². The van der Waals surface area contributed by atoms with Crippen LogP contribution < -0.4 is 16.4 Å². The van der Waals surface area contributed by atoms with Gasteiger partial charge in [-0.3, -0.25) is 4.79 Å². The second-order valence-electron chi connectivity index (χ2n) is 3.77. The molecule has 0 bridgehead atoms. The molecule has 0 saturated heterocycles. The van der Waals surface area contributed by atoms with Crippen molar-refractivity contribution < 1.29 is 4.79 Å². The highest BCUT2D eigenvalue weighted by Gasteiger charge is 2.14. The molecule has 1 rings (SSSR count). The Morgan fingerprint density at radius 3 is 2.81 bits per heavy atom. The standard InChI is InChI=1S/C11H18N4O/c1-7-4-5-9(10(12)16)11(14-6-7)15-8(2)13-3/h6,14H,4-5H2,1-3H3,(H2,12,16)(H,13,15). The number of amides is 1. The minimum Gasteiger partial charge on any atom is -0.377 e. The number of allylic oxidation sites excluding steroid dienone is 1. The molecule has 0 aliphatic carbocycles. The number of carbonyl (C=O) groups excluding carboxylic acids is 1. The van der Waals surface area contributed by atoms with Crippen molar-refractivity contribution in [1.29, 1.82) is 0 Å². The highest BCUT2D eigenvalue weighted by molar-refractivity contribution is 5.93. The molecule has 4 N–H and O–H groups in total. The Balaban J connectivity index is 3.06. The molecule has 16 heavy (non-hydrogen) atoms. The van der Waals surface area contributed by atoms with Crippen LogP contribution in [0.2, 0.25) is 0 Å². The normalized spacial score (nSPS) is 17.4. The summed E-state index contributed by atoms with van der Waals surface area (Å²) in [5.74, 6) is 0.851. The van der Waals surface area contributed by atoms with E-state index in [4.69, 9.17) is 5.73 Å². The van der Waals surface area contributed by atoms with Crippen LogP contribution in [0.1, 0.15) is 26.7 Å². The Morgan fingerprint density at radius 1 is 1.56 bits per heavy atom. The maximum Gasteiger partial charge on any atom is 0.248 e. The molecule has 0 aromatic rings. The lowest BCUT2D eigenvalue weighted by molar-refractivity contribution is -0.114. The number of nitrogens with one attached hydrogen (secondary N) is 2. The summed E-state index contributed by atoms with van der Waals surface area (Å²) in [6, 6.07) is 0. The molecule has 1 amide bonds. The third-order valence-electron chi connectivity index (χ3n) is 2.45. The van der Waals surface area contributed by atoms with Crippen LogP contribution in [0.25, 0.3) is 0 Å². The van der Waals surface area contributed by atoms with E-state index < -0.39 is 5.91 Å². The van der Waals surface area contributed by atoms with Crippen LogP contribution in [0, 0.1) is 0 Å². The van der Waals surface area contributed by atoms with Crippen molar-refractivity contribution in [3.05, 3.63) is 23.2 Å². The van der Waals surface area contributed by atoms with Crippen molar-refractivity contribution in [2.45, 2.75) is 26.7 Å². The van der Waals surface area contributed by atoms with Crippen LogP contribution in [0.3, 0.4) is 0 Å². The van der Waals surface area contributed by atoms with Gasteiger partial charge in [0.15, 0.2) is 0 Å². The second kappa shape index (κ2) is 5.34. The molecule has 1 aliphatic heterocycles. The zero-order valence-corrected chi connectivity index (χ0v) is 9.92. The molecule has 0 saturated carbocycles. The van der Waals surface area contributed by atoms with E-state index in [0.717, 1.165) is 12.3 Å². The number of primary amides is 1. The number of amidine groups is 1. The first kappa shape index (κ1) is 12.3. The van der Waals surface area contributed by atoms with Gasteiger partial charge in [-0.25, -0.2) is 4.99 Å². The molecule has 0 aromatic carbocycles. The van der Waals surface area contributed by atoms with Crippen molar-refractivity contribution in [2.24, 2.45) is 10.7 Å². The van der Waals surface area contributed by atoms with Gasteiger partial charge in [-0.05, 0) is 26.7 Å². The lowest BCUT2D eigenvalue weighted by Gasteiger charge is -2.07. The van der Waals surface area contributed by atoms with Gasteiger partial charge < -0.3 is 16.4 Å². The third kappa shape index (κ3) is 3.12. The monoisotopic (exact) mass is 222 g/mol. The number of nitrogens with two attached hydrogens (primary N) is 1. The Labute approximate surface area is 95.5 Å². The number of aliphatic imine (C=N–C) groups is 1. The van der Waals surface area contributed by atoms with Gasteiger partial charge in [-0.15, -0.1) is 0 Å². The Kier molecular flexibility index (Phi) is 4.10. The Hall–Kier alpha value is -1.78. The predicted octanol–water partition coefficient (Wildman–Crippen LogP) is 0.608. The molecule has 5 nitrogen and oxygen atoms in total. The van der Waals surface area contributed by atoms with E-state index >= 15 is 0 Å². The summed E-state index contributed by atoms with van der Waals surface area (Å²) in [6.45, 7) is 3.83. The van der Waals surface area contributed by atoms with Gasteiger partial charge in [0.25, 0.3) is 0 Å². The molecule has 0 aromatic heterocycles. The van der Waals surface area contributed by atoms with E-state index in [9.17, 15) is 4.79 Å². The summed E-state index contributed by atoms with van der Waals surface area (Å²) in [4.78, 5) is 15.6. The lowest BCUT2D eigenvalue weighted by Crippen LogP contribution is -2.21. The van der Waals surface area contributed by atoms with Crippen molar-refractivity contribution in [3.8, 4) is 0 Å². The van der Waals surface area contributed by atoms with Gasteiger partial charge in [0.2, 0.25) is 5.91 Å². The van der Waals surface area contributed by atoms with Crippen molar-refractivity contribution >= 4 is 11.7 Å². The minimum atomic E-state index is -0.418. The van der Waals surface area contributed by atoms with Crippen LogP contribution in [0.5, 0.6) is 0 Å². The van der Waals surface area contributed by atoms with Crippen LogP contribution in [-0.4, -0.2) is 18.8 Å². The molecule has 0 radical (unpaired) electrons. The maximum absolute atomic E-state index is 11.3. The van der Waals surface area contributed by atoms with Gasteiger partial charge in [-0.2, -0.15) is 0 Å². The van der Waals surface area contributed by atoms with Crippen LogP contribution >= 0.6 is 0 Å². The maximum atomic E-state index is 11.3. The zero-order chi connectivity index (χ0) is 12.1. The summed E-state index contributed by atoms with van der Waals surface area (Å²) >= 11 is 0. The summed E-state index contributed by atoms with van der Waals surface area (Å²) in [5, 5.41) is 5.92. The Morgan fingerprint density at radius 2 is 2.25 bits per heavy atom. The van der Waals surface area contributed by atoms with Crippen molar-refractivity contribution in [3.63, 3.8) is 0 Å². The van der Waals surface area contributed by atoms with Gasteiger partial charge in [0.05, 0.1) is 5.57 Å². The topological polar surface area (TPSA) is 79.5 Å². The molecule has 5 heteroatoms. The number of rotatable bonds is 2. The first-order chi connectivity index (χ1) is 7.54. The van der Waals surface area contributed by atoms with Gasteiger partial charge >= 0.3 is 0 Å². The van der Waals surface area contributed by atoms with Gasteiger partial charge in [0, 0.05) is 13.2 Å². The molecule has 88 valence electrons. The average Bonchev–Trinajstić information content (AvgIpc) is 2.41. The lowest BCUT2D eigenvalue weighted by atomic mass is 10.1. The van der Waals surface area contributed by atoms with Crippen molar-refractivity contribution in [1.82, 2.24) is 10.6 Å². The van der Waals surface area contributed by atoms with Crippen LogP contribution in [0.4, 0.5) is 0 Å². The molecular formula is C11H18N4O. The van der Waals surface area contributed by atoms with Crippen molar-refractivity contribution in [2.75, 3.05) is 7.05 Å². The smallest absolute Gasteiger partial charge is 0.248 e. The SMILES string of the molecule is CN/C(C)=N/C1=C(C(N)=O)CCC(C)=CN1. The Bertz CT molecular complexity index is 379. The average molecular weight is 222 g/mol. The zero-order valence-electron chi connectivity index (χ0n) is 9.92. The molecule has 0 unspecified atom stereocenters. The number of carbonyl (C=O) groups is 1. The molecule has 1 heterocycles. The fraction of sp³-hybridized carbons (Fsp3) is 0.455. The highest BCUT2D eigenvalue weighted by Crippen LogP contribution is 2.18. The number of nitrogens with zero attached hydrogens (tertiary/aromatic N) is 1. The quantitative estimate of drug-likeness (QED) is 0.473. The number of hydrogen-bond acceptors (Lipinski definition) is 3. The molecule has 1 aliphatic rings. The van der Waals surface area contributed by atoms with Gasteiger partial charge in [-0.1, -0.05) is 5.57 Å². The minimum absolute atomic E-state index is 0.418. The largest absolute Gasteiger partial charge is 0.377 e. The molecule has 0 fully saturated rings. The third-order valence-corrected chi connectivity index (χ3v) is 2.45. The summed E-state index contributed by atoms with van der Waals surface area (Å²) < 4.78 is 0. The van der Waals surface area contributed by atoms with E-state index in [1.54, 1.807) is 7.05 Å². The van der Waals surface area contributed by atoms with Crippen LogP contribution in [0.15, 0.2) is 28.2 Å². The second-order valence-corrected chi connectivity index (χ2v) is 3.77.